The summed E-state index contributed by atoms with van der Waals surface area (Å²) in [6.45, 7) is 4.89. The van der Waals surface area contributed by atoms with Crippen molar-refractivity contribution < 1.29 is 24.3 Å². The van der Waals surface area contributed by atoms with E-state index in [0.29, 0.717) is 49.8 Å². The number of carbonyl (C=O) groups excluding carboxylic acids is 3. The van der Waals surface area contributed by atoms with Crippen molar-refractivity contribution in [2.24, 2.45) is 11.8 Å². The monoisotopic (exact) mass is 470 g/mol. The van der Waals surface area contributed by atoms with Gasteiger partial charge in [-0.05, 0) is 55.9 Å². The molecule has 2 rings (SSSR count). The number of hydrogen-bond acceptors (Lipinski definition) is 6. The van der Waals surface area contributed by atoms with Gasteiger partial charge in [0.2, 0.25) is 17.7 Å². The third-order valence-corrected chi connectivity index (χ3v) is 6.81. The van der Waals surface area contributed by atoms with Crippen molar-refractivity contribution in [1.29, 1.82) is 0 Å². The normalized spacial score (nSPS) is 21.0. The topological polar surface area (TPSA) is 128 Å². The maximum absolute atomic E-state index is 12.8. The fraction of sp³-hybridized carbons (Fsp3) is 0.818. The summed E-state index contributed by atoms with van der Waals surface area (Å²) >= 11 is 1.54. The smallest absolute Gasteiger partial charge is 0.326 e. The summed E-state index contributed by atoms with van der Waals surface area (Å²) in [6, 6.07) is -1.46. The highest BCUT2D eigenvalue weighted by Crippen LogP contribution is 2.31. The van der Waals surface area contributed by atoms with Gasteiger partial charge in [0.15, 0.2) is 0 Å². The van der Waals surface area contributed by atoms with Crippen LogP contribution < -0.4 is 16.0 Å². The van der Waals surface area contributed by atoms with Gasteiger partial charge in [-0.1, -0.05) is 20.3 Å². The van der Waals surface area contributed by atoms with Crippen molar-refractivity contribution in [1.82, 2.24) is 20.9 Å². The van der Waals surface area contributed by atoms with Gasteiger partial charge in [0.05, 0.1) is 12.7 Å². The van der Waals surface area contributed by atoms with Crippen LogP contribution in [0.2, 0.25) is 0 Å². The van der Waals surface area contributed by atoms with Crippen molar-refractivity contribution in [2.45, 2.75) is 77.0 Å². The molecule has 10 heteroatoms. The van der Waals surface area contributed by atoms with E-state index in [1.807, 2.05) is 11.2 Å². The second-order valence-corrected chi connectivity index (χ2v) is 10.0. The molecule has 0 radical (unpaired) electrons. The first kappa shape index (κ1) is 26.4. The molecule has 2 aliphatic rings. The first-order chi connectivity index (χ1) is 15.2. The summed E-state index contributed by atoms with van der Waals surface area (Å²) in [5.74, 6) is -0.285. The number of nitrogens with one attached hydrogen (secondary N) is 3. The van der Waals surface area contributed by atoms with E-state index in [4.69, 9.17) is 0 Å². The Hall–Kier alpha value is -1.81. The Morgan fingerprint density at radius 3 is 2.50 bits per heavy atom. The number of amides is 3. The Balaban J connectivity index is 2.08. The fourth-order valence-corrected chi connectivity index (χ4v) is 4.25. The van der Waals surface area contributed by atoms with Crippen LogP contribution in [0.15, 0.2) is 0 Å². The lowest BCUT2D eigenvalue weighted by Crippen LogP contribution is -2.56. The van der Waals surface area contributed by atoms with Gasteiger partial charge in [-0.15, -0.1) is 0 Å². The van der Waals surface area contributed by atoms with Crippen LogP contribution in [0.4, 0.5) is 0 Å². The van der Waals surface area contributed by atoms with Crippen molar-refractivity contribution >= 4 is 35.5 Å². The van der Waals surface area contributed by atoms with Crippen LogP contribution in [0, 0.1) is 11.8 Å². The Labute approximate surface area is 194 Å². The van der Waals surface area contributed by atoms with Crippen LogP contribution in [0.3, 0.4) is 0 Å². The molecule has 1 unspecified atom stereocenters. The van der Waals surface area contributed by atoms with E-state index in [9.17, 15) is 24.3 Å². The predicted octanol–water partition coefficient (Wildman–Crippen LogP) is 1.18. The van der Waals surface area contributed by atoms with Gasteiger partial charge < -0.3 is 21.1 Å². The maximum Gasteiger partial charge on any atom is 0.326 e. The molecular formula is C22H38N4O5S. The number of hydrogen-bond donors (Lipinski definition) is 4. The number of aliphatic carboxylic acids is 1. The molecule has 0 aromatic heterocycles. The molecule has 4 atom stereocenters. The average Bonchev–Trinajstić information content (AvgIpc) is 3.46. The minimum atomic E-state index is -1.04. The van der Waals surface area contributed by atoms with Gasteiger partial charge in [0, 0.05) is 13.0 Å². The molecule has 3 amide bonds. The zero-order chi connectivity index (χ0) is 23.7. The van der Waals surface area contributed by atoms with E-state index in [0.717, 1.165) is 19.3 Å². The van der Waals surface area contributed by atoms with Crippen LogP contribution in [0.25, 0.3) is 0 Å². The standard InChI is InChI=1S/C22H38N4O5S/c1-4-14(2)11-18(25-21(29)16-7-8-19(27)23-16)26(12-15-5-6-15)13-20(28)24-17(22(30)31)9-10-32-3/h14-18H,4-13H2,1-3H3,(H,23,27)(H,24,28)(H,25,29)(H,30,31)/t14-,16-,17-,18?/m0/s1. The molecule has 0 spiro atoms. The zero-order valence-electron chi connectivity index (χ0n) is 19.4. The molecule has 2 fully saturated rings. The molecular weight excluding hydrogens is 432 g/mol. The number of carbonyl (C=O) groups is 4. The summed E-state index contributed by atoms with van der Waals surface area (Å²) in [4.78, 5) is 50.6. The third-order valence-electron chi connectivity index (χ3n) is 6.16. The van der Waals surface area contributed by atoms with Gasteiger partial charge in [0.25, 0.3) is 0 Å². The molecule has 0 aromatic rings. The Bertz CT molecular complexity index is 673. The molecule has 9 nitrogen and oxygen atoms in total. The average molecular weight is 471 g/mol. The second-order valence-electron chi connectivity index (χ2n) is 9.04. The molecule has 0 bridgehead atoms. The summed E-state index contributed by atoms with van der Waals surface area (Å²) in [7, 11) is 0. The van der Waals surface area contributed by atoms with Gasteiger partial charge >= 0.3 is 5.97 Å². The fourth-order valence-electron chi connectivity index (χ4n) is 3.77. The number of nitrogens with zero attached hydrogens (tertiary/aromatic N) is 1. The molecule has 4 N–H and O–H groups in total. The van der Waals surface area contributed by atoms with Crippen LogP contribution >= 0.6 is 11.8 Å². The van der Waals surface area contributed by atoms with E-state index in [1.54, 1.807) is 0 Å². The predicted molar refractivity (Wildman–Crippen MR) is 124 cm³/mol. The van der Waals surface area contributed by atoms with Crippen molar-refractivity contribution in [3.8, 4) is 0 Å². The Kier molecular flexibility index (Phi) is 10.8. The number of rotatable bonds is 15. The number of carboxylic acid groups (broad SMARTS) is 1. The number of carboxylic acids is 1. The van der Waals surface area contributed by atoms with Crippen LogP contribution in [0.5, 0.6) is 0 Å². The van der Waals surface area contributed by atoms with Crippen molar-refractivity contribution in [3.63, 3.8) is 0 Å². The van der Waals surface area contributed by atoms with E-state index >= 15 is 0 Å². The SMILES string of the molecule is CC[C@H](C)CC(NC(=O)[C@@H]1CCC(=O)N1)N(CC(=O)N[C@@H](CCSC)C(=O)O)CC1CC1. The zero-order valence-corrected chi connectivity index (χ0v) is 20.2. The van der Waals surface area contributed by atoms with Crippen LogP contribution in [-0.2, 0) is 19.2 Å². The van der Waals surface area contributed by atoms with Crippen molar-refractivity contribution in [2.75, 3.05) is 25.1 Å². The van der Waals surface area contributed by atoms with E-state index < -0.39 is 18.1 Å². The van der Waals surface area contributed by atoms with Gasteiger partial charge in [-0.2, -0.15) is 11.8 Å². The molecule has 182 valence electrons. The lowest BCUT2D eigenvalue weighted by Gasteiger charge is -2.34. The summed E-state index contributed by atoms with van der Waals surface area (Å²) < 4.78 is 0. The Morgan fingerprint density at radius 1 is 1.25 bits per heavy atom. The largest absolute Gasteiger partial charge is 0.480 e. The summed E-state index contributed by atoms with van der Waals surface area (Å²) in [6.07, 6.45) is 6.51. The van der Waals surface area contributed by atoms with E-state index in [1.165, 1.54) is 11.8 Å². The lowest BCUT2D eigenvalue weighted by atomic mass is 10.0. The van der Waals surface area contributed by atoms with Gasteiger partial charge in [-0.25, -0.2) is 4.79 Å². The maximum atomic E-state index is 12.8. The summed E-state index contributed by atoms with van der Waals surface area (Å²) in [5.41, 5.74) is 0. The molecule has 1 aliphatic carbocycles. The quantitative estimate of drug-likeness (QED) is 0.265. The third kappa shape index (κ3) is 8.97. The molecule has 1 saturated heterocycles. The minimum Gasteiger partial charge on any atom is -0.480 e. The molecule has 32 heavy (non-hydrogen) atoms. The second kappa shape index (κ2) is 13.0. The Morgan fingerprint density at radius 2 is 1.97 bits per heavy atom. The van der Waals surface area contributed by atoms with Gasteiger partial charge in [0.1, 0.15) is 12.1 Å². The summed E-state index contributed by atoms with van der Waals surface area (Å²) in [5, 5.41) is 17.8. The first-order valence-corrected chi connectivity index (χ1v) is 13.0. The van der Waals surface area contributed by atoms with E-state index in [-0.39, 0.29) is 30.4 Å². The minimum absolute atomic E-state index is 0.0257. The van der Waals surface area contributed by atoms with Crippen LogP contribution in [-0.4, -0.2) is 77.0 Å². The lowest BCUT2D eigenvalue weighted by molar-refractivity contribution is -0.142. The molecule has 1 aliphatic heterocycles. The van der Waals surface area contributed by atoms with Crippen molar-refractivity contribution in [3.05, 3.63) is 0 Å². The highest BCUT2D eigenvalue weighted by Gasteiger charge is 2.34. The molecule has 1 heterocycles. The highest BCUT2D eigenvalue weighted by molar-refractivity contribution is 7.98. The molecule has 0 aromatic carbocycles. The first-order valence-electron chi connectivity index (χ1n) is 11.6. The molecule has 1 saturated carbocycles. The van der Waals surface area contributed by atoms with Gasteiger partial charge in [-0.3, -0.25) is 19.3 Å². The van der Waals surface area contributed by atoms with Crippen LogP contribution in [0.1, 0.15) is 58.8 Å². The highest BCUT2D eigenvalue weighted by atomic mass is 32.2. The number of thioether (sulfide) groups is 1. The van der Waals surface area contributed by atoms with E-state index in [2.05, 4.69) is 29.8 Å².